The van der Waals surface area contributed by atoms with Crippen LogP contribution in [0.25, 0.3) is 141 Å². The Balaban J connectivity index is 1.08. The van der Waals surface area contributed by atoms with Crippen molar-refractivity contribution >= 4 is 108 Å². The monoisotopic (exact) mass is 770 g/mol. The number of rotatable bonds is 3. The van der Waals surface area contributed by atoms with Gasteiger partial charge in [-0.05, 0) is 139 Å². The smallest absolute Gasteiger partial charge is 0.143 e. The highest BCUT2D eigenvalue weighted by molar-refractivity contribution is 6.30. The molecular weight excluding hydrogens is 737 g/mol. The predicted molar refractivity (Wildman–Crippen MR) is 261 cm³/mol. The molecule has 0 N–H and O–H groups in total. The Hall–Kier alpha value is -8.00. The molecule has 0 aliphatic heterocycles. The van der Waals surface area contributed by atoms with Gasteiger partial charge in [-0.3, -0.25) is 0 Å². The minimum Gasteiger partial charge on any atom is -0.455 e. The van der Waals surface area contributed by atoms with Crippen molar-refractivity contribution in [2.75, 3.05) is 0 Å². The number of hydrogen-bond acceptors (Lipinski definition) is 1. The van der Waals surface area contributed by atoms with Crippen LogP contribution in [0.15, 0.2) is 211 Å². The highest BCUT2D eigenvalue weighted by Gasteiger charge is 2.23. The lowest BCUT2D eigenvalue weighted by atomic mass is 9.85. The first kappa shape index (κ1) is 32.9. The summed E-state index contributed by atoms with van der Waals surface area (Å²) < 4.78 is 7.21. The van der Waals surface area contributed by atoms with Crippen LogP contribution in [0.4, 0.5) is 0 Å². The normalized spacial score (nSPS) is 12.3. The molecule has 0 bridgehead atoms. The van der Waals surface area contributed by atoms with E-state index in [-0.39, 0.29) is 0 Å². The third-order valence-corrected chi connectivity index (χ3v) is 13.5. The summed E-state index contributed by atoms with van der Waals surface area (Å²) in [4.78, 5) is 0. The van der Waals surface area contributed by atoms with E-state index in [1.807, 2.05) is 0 Å². The van der Waals surface area contributed by atoms with Crippen molar-refractivity contribution in [1.82, 2.24) is 0 Å². The van der Waals surface area contributed by atoms with E-state index in [1.54, 1.807) is 0 Å². The highest BCUT2D eigenvalue weighted by Crippen LogP contribution is 2.49. The zero-order valence-electron chi connectivity index (χ0n) is 33.0. The molecule has 1 heterocycles. The van der Waals surface area contributed by atoms with Crippen LogP contribution >= 0.6 is 0 Å². The Labute approximate surface area is 350 Å². The summed E-state index contributed by atoms with van der Waals surface area (Å²) in [5, 5.41) is 22.2. The lowest BCUT2D eigenvalue weighted by molar-refractivity contribution is 0.670. The van der Waals surface area contributed by atoms with Gasteiger partial charge in [0.05, 0.1) is 0 Å². The fraction of sp³-hybridized carbons (Fsp3) is 0. The van der Waals surface area contributed by atoms with Gasteiger partial charge in [-0.2, -0.15) is 0 Å². The molecule has 0 saturated carbocycles. The first-order chi connectivity index (χ1) is 30.2. The quantitative estimate of drug-likeness (QED) is 0.129. The summed E-state index contributed by atoms with van der Waals surface area (Å²) in [6.45, 7) is 0. The number of hydrogen-bond donors (Lipinski definition) is 0. The van der Waals surface area contributed by atoms with Gasteiger partial charge in [0.1, 0.15) is 11.2 Å². The van der Waals surface area contributed by atoms with Crippen LogP contribution in [0.2, 0.25) is 0 Å². The highest BCUT2D eigenvalue weighted by atomic mass is 16.3. The van der Waals surface area contributed by atoms with Crippen LogP contribution < -0.4 is 0 Å². The zero-order valence-corrected chi connectivity index (χ0v) is 33.0. The lowest BCUT2D eigenvalue weighted by Gasteiger charge is -2.18. The van der Waals surface area contributed by atoms with Crippen molar-refractivity contribution in [1.29, 1.82) is 0 Å². The molecule has 1 nitrogen and oxygen atoms in total. The lowest BCUT2D eigenvalue weighted by Crippen LogP contribution is -1.91. The van der Waals surface area contributed by atoms with Gasteiger partial charge in [-0.25, -0.2) is 0 Å². The Morgan fingerprint density at radius 1 is 0.246 bits per heavy atom. The summed E-state index contributed by atoms with van der Waals surface area (Å²) >= 11 is 0. The van der Waals surface area contributed by atoms with Gasteiger partial charge in [0, 0.05) is 21.9 Å². The molecule has 1 heteroatoms. The molecule has 0 radical (unpaired) electrons. The molecule has 1 aromatic heterocycles. The molecule has 0 unspecified atom stereocenters. The topological polar surface area (TPSA) is 13.1 Å². The van der Waals surface area contributed by atoms with E-state index >= 15 is 0 Å². The first-order valence-electron chi connectivity index (χ1n) is 21.2. The fourth-order valence-electron chi connectivity index (χ4n) is 10.7. The third-order valence-electron chi connectivity index (χ3n) is 13.5. The second-order valence-electron chi connectivity index (χ2n) is 16.7. The fourth-order valence-corrected chi connectivity index (χ4v) is 10.7. The van der Waals surface area contributed by atoms with Crippen LogP contribution in [0.5, 0.6) is 0 Å². The summed E-state index contributed by atoms with van der Waals surface area (Å²) in [5.41, 5.74) is 9.00. The van der Waals surface area contributed by atoms with Crippen LogP contribution in [0.3, 0.4) is 0 Å². The molecule has 61 heavy (non-hydrogen) atoms. The van der Waals surface area contributed by atoms with E-state index in [2.05, 4.69) is 206 Å². The number of fused-ring (bicyclic) bond motifs is 9. The van der Waals surface area contributed by atoms with Gasteiger partial charge in [0.15, 0.2) is 0 Å². The second-order valence-corrected chi connectivity index (χ2v) is 16.7. The van der Waals surface area contributed by atoms with E-state index < -0.39 is 0 Å². The van der Waals surface area contributed by atoms with Crippen LogP contribution in [0.1, 0.15) is 0 Å². The first-order valence-corrected chi connectivity index (χ1v) is 21.2. The minimum absolute atomic E-state index is 0.898. The Morgan fingerprint density at radius 3 is 1.56 bits per heavy atom. The largest absolute Gasteiger partial charge is 0.455 e. The number of benzene rings is 13. The van der Waals surface area contributed by atoms with Gasteiger partial charge >= 0.3 is 0 Å². The molecule has 0 fully saturated rings. The average Bonchev–Trinajstić information content (AvgIpc) is 3.69. The van der Waals surface area contributed by atoms with Gasteiger partial charge in [0.2, 0.25) is 0 Å². The summed E-state index contributed by atoms with van der Waals surface area (Å²) in [5.74, 6) is 0. The Morgan fingerprint density at radius 2 is 0.770 bits per heavy atom. The van der Waals surface area contributed by atoms with E-state index in [1.165, 1.54) is 114 Å². The maximum Gasteiger partial charge on any atom is 0.143 e. The molecule has 14 rings (SSSR count). The Bertz CT molecular complexity index is 4170. The molecule has 0 aliphatic rings. The predicted octanol–water partition coefficient (Wildman–Crippen LogP) is 17.3. The van der Waals surface area contributed by atoms with Crippen molar-refractivity contribution in [3.8, 4) is 33.4 Å². The maximum atomic E-state index is 7.21. The summed E-state index contributed by atoms with van der Waals surface area (Å²) in [6, 6.07) is 76.4. The van der Waals surface area contributed by atoms with Crippen molar-refractivity contribution in [3.05, 3.63) is 206 Å². The van der Waals surface area contributed by atoms with Crippen molar-refractivity contribution in [2.45, 2.75) is 0 Å². The van der Waals surface area contributed by atoms with E-state index in [0.717, 1.165) is 27.5 Å². The van der Waals surface area contributed by atoms with E-state index in [4.69, 9.17) is 4.42 Å². The molecule has 0 atom stereocenters. The molecular formula is C60H34O. The van der Waals surface area contributed by atoms with Crippen LogP contribution in [-0.2, 0) is 0 Å². The molecule has 0 amide bonds. The van der Waals surface area contributed by atoms with Crippen molar-refractivity contribution in [2.24, 2.45) is 0 Å². The van der Waals surface area contributed by atoms with E-state index in [9.17, 15) is 0 Å². The maximum absolute atomic E-state index is 7.21. The molecule has 13 aromatic carbocycles. The average molecular weight is 771 g/mol. The van der Waals surface area contributed by atoms with Crippen molar-refractivity contribution in [3.63, 3.8) is 0 Å². The molecule has 0 saturated heterocycles. The van der Waals surface area contributed by atoms with E-state index in [0.29, 0.717) is 0 Å². The SMILES string of the molecule is c1ccc2cc(-c3ccc4ccc5c(-c6ccc(-c7c8ccccc8cc8c7ccc7ccccc78)c7oc8cc9ccccc9cc8c67)ccc6ccc3c4c65)ccc2c1. The summed E-state index contributed by atoms with van der Waals surface area (Å²) in [7, 11) is 0. The Kier molecular flexibility index (Phi) is 6.62. The second kappa shape index (κ2) is 12.3. The van der Waals surface area contributed by atoms with Gasteiger partial charge in [-0.15, -0.1) is 0 Å². The minimum atomic E-state index is 0.898. The van der Waals surface area contributed by atoms with Gasteiger partial charge in [0.25, 0.3) is 0 Å². The zero-order chi connectivity index (χ0) is 39.8. The van der Waals surface area contributed by atoms with Gasteiger partial charge in [-0.1, -0.05) is 176 Å². The standard InChI is InChI=1S/C60H34O/c1-2-11-39-31-43(18-17-35(39)9-1)45-24-20-37-23-28-49-47(25-21-38-22-27-48(45)56(37)57(38)49)50-29-30-52(60-59(50)54-32-40-12-3-4-13-41(40)34-55(54)61-60)58-46-16-8-6-14-42(46)33-53-44-15-7-5-10-36(44)19-26-51(53)58/h1-34H. The molecule has 14 aromatic rings. The summed E-state index contributed by atoms with van der Waals surface area (Å²) in [6.07, 6.45) is 0. The number of furan rings is 1. The van der Waals surface area contributed by atoms with Crippen molar-refractivity contribution < 1.29 is 4.42 Å². The molecule has 0 aliphatic carbocycles. The van der Waals surface area contributed by atoms with Gasteiger partial charge < -0.3 is 4.42 Å². The third kappa shape index (κ3) is 4.66. The van der Waals surface area contributed by atoms with Crippen LogP contribution in [0, 0.1) is 0 Å². The molecule has 0 spiro atoms. The molecule has 280 valence electrons. The van der Waals surface area contributed by atoms with Crippen LogP contribution in [-0.4, -0.2) is 0 Å².